The van der Waals surface area contributed by atoms with E-state index in [2.05, 4.69) is 17.1 Å². The van der Waals surface area contributed by atoms with Gasteiger partial charge in [-0.3, -0.25) is 0 Å². The van der Waals surface area contributed by atoms with Crippen LogP contribution in [-0.2, 0) is 4.74 Å². The normalized spacial score (nSPS) is 27.3. The van der Waals surface area contributed by atoms with Gasteiger partial charge in [0, 0.05) is 26.2 Å². The summed E-state index contributed by atoms with van der Waals surface area (Å²) in [6, 6.07) is 0.742. The summed E-state index contributed by atoms with van der Waals surface area (Å²) in [5, 5.41) is 3.75. The van der Waals surface area contributed by atoms with Crippen molar-refractivity contribution in [3.63, 3.8) is 0 Å². The standard InChI is InChI=1S/C15H30N2O/c1-3-8-16-15(14-6-7-14)11-17-9-4-5-13(10-17)12-18-2/h13-16H,3-12H2,1-2H3. The van der Waals surface area contributed by atoms with Gasteiger partial charge in [-0.15, -0.1) is 0 Å². The molecule has 1 aliphatic carbocycles. The minimum absolute atomic E-state index is 0.742. The van der Waals surface area contributed by atoms with E-state index < -0.39 is 0 Å². The van der Waals surface area contributed by atoms with Gasteiger partial charge in [0.25, 0.3) is 0 Å². The van der Waals surface area contributed by atoms with Crippen LogP contribution in [0.5, 0.6) is 0 Å². The Kier molecular flexibility index (Phi) is 5.93. The number of hydrogen-bond acceptors (Lipinski definition) is 3. The fourth-order valence-electron chi connectivity index (χ4n) is 3.18. The highest BCUT2D eigenvalue weighted by molar-refractivity contribution is 4.89. The maximum Gasteiger partial charge on any atom is 0.0502 e. The fourth-order valence-corrected chi connectivity index (χ4v) is 3.18. The average Bonchev–Trinajstić information content (AvgIpc) is 3.19. The molecule has 2 fully saturated rings. The van der Waals surface area contributed by atoms with Gasteiger partial charge in [0.05, 0.1) is 6.61 Å². The van der Waals surface area contributed by atoms with Crippen molar-refractivity contribution in [2.45, 2.75) is 45.1 Å². The molecule has 2 aliphatic rings. The van der Waals surface area contributed by atoms with Gasteiger partial charge in [-0.05, 0) is 57.0 Å². The molecule has 0 spiro atoms. The maximum atomic E-state index is 5.32. The third-order valence-corrected chi connectivity index (χ3v) is 4.31. The van der Waals surface area contributed by atoms with Crippen LogP contribution in [0.1, 0.15) is 39.0 Å². The molecule has 3 nitrogen and oxygen atoms in total. The van der Waals surface area contributed by atoms with Crippen LogP contribution in [0.4, 0.5) is 0 Å². The highest BCUT2D eigenvalue weighted by atomic mass is 16.5. The lowest BCUT2D eigenvalue weighted by atomic mass is 9.98. The molecule has 1 saturated carbocycles. The Bertz CT molecular complexity index is 229. The first-order valence-electron chi connectivity index (χ1n) is 7.78. The van der Waals surface area contributed by atoms with Crippen molar-refractivity contribution in [2.24, 2.45) is 11.8 Å². The summed E-state index contributed by atoms with van der Waals surface area (Å²) in [5.41, 5.74) is 0. The largest absolute Gasteiger partial charge is 0.384 e. The van der Waals surface area contributed by atoms with Crippen LogP contribution in [0.25, 0.3) is 0 Å². The van der Waals surface area contributed by atoms with Crippen molar-refractivity contribution in [1.29, 1.82) is 0 Å². The van der Waals surface area contributed by atoms with Crippen LogP contribution >= 0.6 is 0 Å². The third-order valence-electron chi connectivity index (χ3n) is 4.31. The molecule has 1 saturated heterocycles. The maximum absolute atomic E-state index is 5.32. The minimum atomic E-state index is 0.742. The molecule has 2 unspecified atom stereocenters. The highest BCUT2D eigenvalue weighted by Crippen LogP contribution is 2.33. The highest BCUT2D eigenvalue weighted by Gasteiger charge is 2.32. The molecule has 0 radical (unpaired) electrons. The minimum Gasteiger partial charge on any atom is -0.384 e. The van der Waals surface area contributed by atoms with E-state index in [-0.39, 0.29) is 0 Å². The van der Waals surface area contributed by atoms with E-state index in [0.29, 0.717) is 0 Å². The second-order valence-electron chi connectivity index (χ2n) is 6.12. The lowest BCUT2D eigenvalue weighted by Crippen LogP contribution is -2.46. The Hall–Kier alpha value is -0.120. The SMILES string of the molecule is CCCNC(CN1CCCC(COC)C1)C1CC1. The van der Waals surface area contributed by atoms with E-state index in [1.807, 2.05) is 7.11 Å². The summed E-state index contributed by atoms with van der Waals surface area (Å²) < 4.78 is 5.32. The van der Waals surface area contributed by atoms with Crippen molar-refractivity contribution < 1.29 is 4.74 Å². The Morgan fingerprint density at radius 1 is 1.33 bits per heavy atom. The van der Waals surface area contributed by atoms with E-state index in [4.69, 9.17) is 4.74 Å². The van der Waals surface area contributed by atoms with Crippen molar-refractivity contribution in [2.75, 3.05) is 39.9 Å². The smallest absolute Gasteiger partial charge is 0.0502 e. The first kappa shape index (κ1) is 14.3. The van der Waals surface area contributed by atoms with E-state index in [0.717, 1.165) is 24.5 Å². The Morgan fingerprint density at radius 2 is 2.17 bits per heavy atom. The van der Waals surface area contributed by atoms with Crippen molar-refractivity contribution in [3.8, 4) is 0 Å². The Morgan fingerprint density at radius 3 is 2.83 bits per heavy atom. The molecule has 0 bridgehead atoms. The van der Waals surface area contributed by atoms with Gasteiger partial charge in [0.15, 0.2) is 0 Å². The van der Waals surface area contributed by atoms with Gasteiger partial charge in [-0.25, -0.2) is 0 Å². The zero-order valence-electron chi connectivity index (χ0n) is 12.2. The second kappa shape index (κ2) is 7.46. The number of nitrogens with one attached hydrogen (secondary N) is 1. The van der Waals surface area contributed by atoms with Gasteiger partial charge in [-0.1, -0.05) is 6.92 Å². The first-order valence-corrected chi connectivity index (χ1v) is 7.78. The second-order valence-corrected chi connectivity index (χ2v) is 6.12. The molecule has 0 amide bonds. The molecule has 0 aromatic carbocycles. The zero-order valence-corrected chi connectivity index (χ0v) is 12.2. The molecule has 3 heteroatoms. The Labute approximate surface area is 112 Å². The molecule has 1 N–H and O–H groups in total. The summed E-state index contributed by atoms with van der Waals surface area (Å²) in [6.07, 6.45) is 6.82. The summed E-state index contributed by atoms with van der Waals surface area (Å²) in [5.74, 6) is 1.72. The molecule has 0 aromatic rings. The predicted molar refractivity (Wildman–Crippen MR) is 75.8 cm³/mol. The molecule has 18 heavy (non-hydrogen) atoms. The zero-order chi connectivity index (χ0) is 12.8. The number of nitrogens with zero attached hydrogens (tertiary/aromatic N) is 1. The molecular formula is C15H30N2O. The van der Waals surface area contributed by atoms with Crippen LogP contribution in [0.3, 0.4) is 0 Å². The molecule has 2 rings (SSSR count). The van der Waals surface area contributed by atoms with E-state index in [9.17, 15) is 0 Å². The molecule has 1 heterocycles. The number of hydrogen-bond donors (Lipinski definition) is 1. The topological polar surface area (TPSA) is 24.5 Å². The number of rotatable bonds is 8. The van der Waals surface area contributed by atoms with E-state index in [1.54, 1.807) is 0 Å². The van der Waals surface area contributed by atoms with Gasteiger partial charge >= 0.3 is 0 Å². The quantitative estimate of drug-likeness (QED) is 0.718. The number of ether oxygens (including phenoxy) is 1. The lowest BCUT2D eigenvalue weighted by Gasteiger charge is -2.35. The summed E-state index contributed by atoms with van der Waals surface area (Å²) in [7, 11) is 1.83. The van der Waals surface area contributed by atoms with Crippen molar-refractivity contribution in [3.05, 3.63) is 0 Å². The summed E-state index contributed by atoms with van der Waals surface area (Å²) >= 11 is 0. The lowest BCUT2D eigenvalue weighted by molar-refractivity contribution is 0.0842. The Balaban J connectivity index is 1.75. The van der Waals surface area contributed by atoms with Crippen LogP contribution in [0.15, 0.2) is 0 Å². The van der Waals surface area contributed by atoms with Crippen LogP contribution in [-0.4, -0.2) is 50.8 Å². The summed E-state index contributed by atoms with van der Waals surface area (Å²) in [4.78, 5) is 2.67. The number of likely N-dealkylation sites (tertiary alicyclic amines) is 1. The third kappa shape index (κ3) is 4.52. The van der Waals surface area contributed by atoms with Gasteiger partial charge in [0.1, 0.15) is 0 Å². The number of methoxy groups -OCH3 is 1. The van der Waals surface area contributed by atoms with E-state index >= 15 is 0 Å². The summed E-state index contributed by atoms with van der Waals surface area (Å²) in [6.45, 7) is 8.16. The molecule has 2 atom stereocenters. The molecular weight excluding hydrogens is 224 g/mol. The van der Waals surface area contributed by atoms with Crippen LogP contribution in [0.2, 0.25) is 0 Å². The van der Waals surface area contributed by atoms with Gasteiger partial charge in [-0.2, -0.15) is 0 Å². The molecule has 1 aliphatic heterocycles. The van der Waals surface area contributed by atoms with Crippen LogP contribution < -0.4 is 5.32 Å². The van der Waals surface area contributed by atoms with Crippen LogP contribution in [0, 0.1) is 11.8 Å². The van der Waals surface area contributed by atoms with Crippen molar-refractivity contribution >= 4 is 0 Å². The van der Waals surface area contributed by atoms with Gasteiger partial charge in [0.2, 0.25) is 0 Å². The number of piperidine rings is 1. The van der Waals surface area contributed by atoms with E-state index in [1.165, 1.54) is 58.3 Å². The molecule has 0 aromatic heterocycles. The molecule has 106 valence electrons. The average molecular weight is 254 g/mol. The fraction of sp³-hybridized carbons (Fsp3) is 1.00. The first-order chi connectivity index (χ1) is 8.83. The predicted octanol–water partition coefficient (Wildman–Crippen LogP) is 2.12. The van der Waals surface area contributed by atoms with Crippen molar-refractivity contribution in [1.82, 2.24) is 10.2 Å². The monoisotopic (exact) mass is 254 g/mol. The van der Waals surface area contributed by atoms with Gasteiger partial charge < -0.3 is 15.0 Å².